The number of nitrogens with zero attached hydrogens (tertiary/aromatic N) is 3. The first kappa shape index (κ1) is 11.9. The van der Waals surface area contributed by atoms with Crippen LogP contribution >= 0.6 is 0 Å². The first-order valence-electron chi connectivity index (χ1n) is 6.60. The van der Waals surface area contributed by atoms with Crippen LogP contribution in [0.25, 0.3) is 11.0 Å². The molecule has 0 bridgehead atoms. The van der Waals surface area contributed by atoms with E-state index in [4.69, 9.17) is 0 Å². The van der Waals surface area contributed by atoms with Crippen LogP contribution in [0.4, 0.5) is 0 Å². The molecule has 3 heteroatoms. The Morgan fingerprint density at radius 2 is 1.84 bits per heavy atom. The molecule has 3 rings (SSSR count). The zero-order valence-corrected chi connectivity index (χ0v) is 11.2. The summed E-state index contributed by atoms with van der Waals surface area (Å²) in [5.41, 5.74) is 4.43. The van der Waals surface area contributed by atoms with Crippen molar-refractivity contribution < 1.29 is 0 Å². The summed E-state index contributed by atoms with van der Waals surface area (Å²) in [7, 11) is 0. The van der Waals surface area contributed by atoms with Crippen molar-refractivity contribution >= 4 is 11.0 Å². The van der Waals surface area contributed by atoms with E-state index in [0.717, 1.165) is 23.3 Å². The number of hydrogen-bond donors (Lipinski definition) is 0. The molecule has 0 fully saturated rings. The fourth-order valence-corrected chi connectivity index (χ4v) is 2.19. The van der Waals surface area contributed by atoms with Gasteiger partial charge in [0.2, 0.25) is 0 Å². The normalized spacial score (nSPS) is 11.3. The van der Waals surface area contributed by atoms with Gasteiger partial charge in [0.1, 0.15) is 5.52 Å². The number of hydrogen-bond acceptors (Lipinski definition) is 2. The standard InChI is InChI=1S/C16H17N3/c1-12(2)14-8-9-16-15(18-14)10-17-19(16)11-13-6-4-3-5-7-13/h3-10,12H,11H2,1-2H3. The maximum atomic E-state index is 4.65. The lowest BCUT2D eigenvalue weighted by molar-refractivity contribution is 0.712. The Morgan fingerprint density at radius 3 is 2.58 bits per heavy atom. The van der Waals surface area contributed by atoms with Crippen LogP contribution in [0.2, 0.25) is 0 Å². The van der Waals surface area contributed by atoms with Gasteiger partial charge >= 0.3 is 0 Å². The van der Waals surface area contributed by atoms with Gasteiger partial charge in [-0.05, 0) is 23.6 Å². The van der Waals surface area contributed by atoms with Crippen molar-refractivity contribution in [2.45, 2.75) is 26.3 Å². The van der Waals surface area contributed by atoms with Crippen LogP contribution in [0.15, 0.2) is 48.7 Å². The zero-order valence-electron chi connectivity index (χ0n) is 11.2. The van der Waals surface area contributed by atoms with Gasteiger partial charge in [-0.1, -0.05) is 44.2 Å². The Bertz CT molecular complexity index is 684. The summed E-state index contributed by atoms with van der Waals surface area (Å²) in [5, 5.41) is 4.45. The maximum absolute atomic E-state index is 4.65. The van der Waals surface area contributed by atoms with Crippen LogP contribution in [-0.4, -0.2) is 14.8 Å². The van der Waals surface area contributed by atoms with E-state index in [-0.39, 0.29) is 0 Å². The van der Waals surface area contributed by atoms with Crippen molar-refractivity contribution in [3.8, 4) is 0 Å². The molecule has 0 aliphatic rings. The lowest BCUT2D eigenvalue weighted by Gasteiger charge is -2.06. The van der Waals surface area contributed by atoms with Crippen LogP contribution in [0.1, 0.15) is 31.0 Å². The fourth-order valence-electron chi connectivity index (χ4n) is 2.19. The lowest BCUT2D eigenvalue weighted by Crippen LogP contribution is -2.01. The highest BCUT2D eigenvalue weighted by molar-refractivity contribution is 5.74. The summed E-state index contributed by atoms with van der Waals surface area (Å²) >= 11 is 0. The largest absolute Gasteiger partial charge is 0.259 e. The van der Waals surface area contributed by atoms with Gasteiger partial charge in [0, 0.05) is 5.69 Å². The van der Waals surface area contributed by atoms with Gasteiger partial charge in [-0.3, -0.25) is 4.68 Å². The molecule has 96 valence electrons. The highest BCUT2D eigenvalue weighted by Gasteiger charge is 2.07. The number of pyridine rings is 1. The van der Waals surface area contributed by atoms with Crippen LogP contribution in [0.3, 0.4) is 0 Å². The molecule has 0 amide bonds. The van der Waals surface area contributed by atoms with Crippen molar-refractivity contribution in [3.05, 3.63) is 59.9 Å². The molecule has 0 N–H and O–H groups in total. The molecule has 0 aliphatic carbocycles. The van der Waals surface area contributed by atoms with Crippen molar-refractivity contribution in [2.24, 2.45) is 0 Å². The van der Waals surface area contributed by atoms with Gasteiger partial charge in [0.05, 0.1) is 18.3 Å². The molecule has 0 saturated heterocycles. The van der Waals surface area contributed by atoms with E-state index >= 15 is 0 Å². The summed E-state index contributed by atoms with van der Waals surface area (Å²) in [4.78, 5) is 4.65. The second-order valence-corrected chi connectivity index (χ2v) is 5.08. The van der Waals surface area contributed by atoms with Gasteiger partial charge < -0.3 is 0 Å². The topological polar surface area (TPSA) is 30.7 Å². The molecular weight excluding hydrogens is 234 g/mol. The molecule has 2 aromatic heterocycles. The van der Waals surface area contributed by atoms with Crippen LogP contribution in [0, 0.1) is 0 Å². The molecule has 1 aromatic carbocycles. The summed E-state index contributed by atoms with van der Waals surface area (Å²) < 4.78 is 2.00. The molecule has 0 saturated carbocycles. The molecule has 0 aliphatic heterocycles. The number of rotatable bonds is 3. The molecule has 3 nitrogen and oxygen atoms in total. The minimum absolute atomic E-state index is 0.446. The molecule has 0 radical (unpaired) electrons. The van der Waals surface area contributed by atoms with Gasteiger partial charge in [0.15, 0.2) is 0 Å². The number of aromatic nitrogens is 3. The van der Waals surface area contributed by atoms with Gasteiger partial charge in [0.25, 0.3) is 0 Å². The first-order chi connectivity index (χ1) is 9.24. The van der Waals surface area contributed by atoms with Crippen molar-refractivity contribution in [1.29, 1.82) is 0 Å². The number of fused-ring (bicyclic) bond motifs is 1. The van der Waals surface area contributed by atoms with E-state index in [1.54, 1.807) is 0 Å². The Hall–Kier alpha value is -2.16. The monoisotopic (exact) mass is 251 g/mol. The Balaban J connectivity index is 1.97. The van der Waals surface area contributed by atoms with Crippen LogP contribution in [0.5, 0.6) is 0 Å². The number of benzene rings is 1. The highest BCUT2D eigenvalue weighted by Crippen LogP contribution is 2.18. The summed E-state index contributed by atoms with van der Waals surface area (Å²) in [6, 6.07) is 14.6. The van der Waals surface area contributed by atoms with E-state index in [1.807, 2.05) is 16.9 Å². The predicted octanol–water partition coefficient (Wildman–Crippen LogP) is 3.60. The third kappa shape index (κ3) is 2.36. The van der Waals surface area contributed by atoms with Gasteiger partial charge in [-0.15, -0.1) is 0 Å². The quantitative estimate of drug-likeness (QED) is 0.712. The fraction of sp³-hybridized carbons (Fsp3) is 0.250. The molecule has 0 unspecified atom stereocenters. The average Bonchev–Trinajstić information content (AvgIpc) is 2.82. The highest BCUT2D eigenvalue weighted by atomic mass is 15.3. The van der Waals surface area contributed by atoms with E-state index < -0.39 is 0 Å². The third-order valence-corrected chi connectivity index (χ3v) is 3.29. The van der Waals surface area contributed by atoms with Crippen molar-refractivity contribution in [1.82, 2.24) is 14.8 Å². The third-order valence-electron chi connectivity index (χ3n) is 3.29. The molecule has 19 heavy (non-hydrogen) atoms. The Kier molecular flexibility index (Phi) is 3.03. The smallest absolute Gasteiger partial charge is 0.109 e. The second-order valence-electron chi connectivity index (χ2n) is 5.08. The molecular formula is C16H17N3. The van der Waals surface area contributed by atoms with Crippen molar-refractivity contribution in [2.75, 3.05) is 0 Å². The minimum atomic E-state index is 0.446. The molecule has 0 atom stereocenters. The summed E-state index contributed by atoms with van der Waals surface area (Å²) in [6.07, 6.45) is 1.85. The average molecular weight is 251 g/mol. The SMILES string of the molecule is CC(C)c1ccc2c(cnn2Cc2ccccc2)n1. The first-order valence-corrected chi connectivity index (χ1v) is 6.60. The van der Waals surface area contributed by atoms with E-state index in [9.17, 15) is 0 Å². The molecule has 3 aromatic rings. The molecule has 0 spiro atoms. The van der Waals surface area contributed by atoms with Crippen molar-refractivity contribution in [3.63, 3.8) is 0 Å². The second kappa shape index (κ2) is 4.84. The van der Waals surface area contributed by atoms with E-state index in [2.05, 4.69) is 60.3 Å². The Morgan fingerprint density at radius 1 is 1.05 bits per heavy atom. The predicted molar refractivity (Wildman–Crippen MR) is 77.2 cm³/mol. The molecule has 2 heterocycles. The maximum Gasteiger partial charge on any atom is 0.109 e. The summed E-state index contributed by atoms with van der Waals surface area (Å²) in [5.74, 6) is 0.446. The van der Waals surface area contributed by atoms with E-state index in [1.165, 1.54) is 5.56 Å². The lowest BCUT2D eigenvalue weighted by atomic mass is 10.1. The van der Waals surface area contributed by atoms with Crippen LogP contribution in [-0.2, 0) is 6.54 Å². The summed E-state index contributed by atoms with van der Waals surface area (Å²) in [6.45, 7) is 5.10. The Labute approximate surface area is 112 Å². The van der Waals surface area contributed by atoms with Gasteiger partial charge in [-0.25, -0.2) is 4.98 Å². The van der Waals surface area contributed by atoms with E-state index in [0.29, 0.717) is 5.92 Å². The minimum Gasteiger partial charge on any atom is -0.259 e. The van der Waals surface area contributed by atoms with Crippen LogP contribution < -0.4 is 0 Å². The van der Waals surface area contributed by atoms with Gasteiger partial charge in [-0.2, -0.15) is 5.10 Å². The zero-order chi connectivity index (χ0) is 13.2.